The van der Waals surface area contributed by atoms with Crippen LogP contribution in [-0.2, 0) is 9.47 Å². The van der Waals surface area contributed by atoms with Crippen molar-refractivity contribution in [3.63, 3.8) is 0 Å². The molecule has 0 aromatic carbocycles. The van der Waals surface area contributed by atoms with Gasteiger partial charge >= 0.3 is 5.97 Å². The molecule has 98 valence electrons. The monoisotopic (exact) mass is 253 g/mol. The van der Waals surface area contributed by atoms with Crippen molar-refractivity contribution in [1.82, 2.24) is 4.98 Å². The Morgan fingerprint density at radius 3 is 3.06 bits per heavy atom. The summed E-state index contributed by atoms with van der Waals surface area (Å²) in [7, 11) is 0. The molecule has 18 heavy (non-hydrogen) atoms. The van der Waals surface area contributed by atoms with Crippen LogP contribution in [0.3, 0.4) is 0 Å². The van der Waals surface area contributed by atoms with E-state index in [1.807, 2.05) is 0 Å². The van der Waals surface area contributed by atoms with Crippen molar-refractivity contribution in [2.45, 2.75) is 24.7 Å². The van der Waals surface area contributed by atoms with Gasteiger partial charge in [0.25, 0.3) is 0 Å². The summed E-state index contributed by atoms with van der Waals surface area (Å²) in [5.41, 5.74) is 0.314. The molecule has 0 saturated carbocycles. The molecular weight excluding hydrogens is 238 g/mol. The van der Waals surface area contributed by atoms with E-state index in [1.54, 1.807) is 18.3 Å². The van der Waals surface area contributed by atoms with Crippen molar-refractivity contribution in [2.24, 2.45) is 0 Å². The van der Waals surface area contributed by atoms with Gasteiger partial charge in [-0.2, -0.15) is 0 Å². The number of rotatable bonds is 4. The minimum absolute atomic E-state index is 0.200. The van der Waals surface area contributed by atoms with E-state index in [1.165, 1.54) is 6.20 Å². The quantitative estimate of drug-likeness (QED) is 0.719. The highest BCUT2D eigenvalue weighted by atomic mass is 16.6. The van der Waals surface area contributed by atoms with E-state index in [0.29, 0.717) is 12.0 Å². The van der Waals surface area contributed by atoms with Crippen molar-refractivity contribution in [1.29, 1.82) is 0 Å². The Labute approximate surface area is 104 Å². The van der Waals surface area contributed by atoms with Gasteiger partial charge in [-0.05, 0) is 12.1 Å². The number of carbonyl (C=O) groups excluding carboxylic acids is 1. The number of pyridine rings is 1. The smallest absolute Gasteiger partial charge is 0.340 e. The first-order chi connectivity index (χ1) is 8.70. The highest BCUT2D eigenvalue weighted by molar-refractivity contribution is 5.89. The molecular formula is C12H15NO5. The lowest BCUT2D eigenvalue weighted by Crippen LogP contribution is -2.34. The minimum Gasteiger partial charge on any atom is -0.454 e. The van der Waals surface area contributed by atoms with Gasteiger partial charge in [-0.1, -0.05) is 0 Å². The Balaban J connectivity index is 1.96. The summed E-state index contributed by atoms with van der Waals surface area (Å²) in [4.78, 5) is 15.6. The van der Waals surface area contributed by atoms with E-state index in [4.69, 9.17) is 9.47 Å². The summed E-state index contributed by atoms with van der Waals surface area (Å²) < 4.78 is 10.4. The molecule has 1 saturated heterocycles. The van der Waals surface area contributed by atoms with E-state index >= 15 is 0 Å². The number of ether oxygens (including phenoxy) is 2. The van der Waals surface area contributed by atoms with E-state index < -0.39 is 24.3 Å². The molecule has 0 radical (unpaired) electrons. The minimum atomic E-state index is -0.769. The van der Waals surface area contributed by atoms with Gasteiger partial charge in [0.15, 0.2) is 6.10 Å². The van der Waals surface area contributed by atoms with Crippen molar-refractivity contribution < 1.29 is 24.5 Å². The first kappa shape index (κ1) is 12.9. The fraction of sp³-hybridized carbons (Fsp3) is 0.500. The predicted octanol–water partition coefficient (Wildman–Crippen LogP) is -0.251. The van der Waals surface area contributed by atoms with Crippen LogP contribution in [0.2, 0.25) is 0 Å². The highest BCUT2D eigenvalue weighted by Gasteiger charge is 2.33. The van der Waals surface area contributed by atoms with E-state index in [2.05, 4.69) is 4.98 Å². The number of hydrogen-bond donors (Lipinski definition) is 2. The maximum absolute atomic E-state index is 11.8. The Bertz CT molecular complexity index is 397. The standard InChI is InChI=1S/C12H15NO5/c14-6-11(10-4-9(15)7-17-10)18-12(16)8-2-1-3-13-5-8/h1-3,5,9-11,14-15H,4,6-7H2. The maximum Gasteiger partial charge on any atom is 0.340 e. The van der Waals surface area contributed by atoms with Crippen LogP contribution < -0.4 is 0 Å². The molecule has 0 amide bonds. The molecule has 2 rings (SSSR count). The molecule has 3 unspecified atom stereocenters. The first-order valence-corrected chi connectivity index (χ1v) is 5.72. The number of aliphatic hydroxyl groups excluding tert-OH is 2. The van der Waals surface area contributed by atoms with E-state index in [-0.39, 0.29) is 13.2 Å². The van der Waals surface area contributed by atoms with Crippen LogP contribution in [-0.4, -0.2) is 52.7 Å². The summed E-state index contributed by atoms with van der Waals surface area (Å²) in [5, 5.41) is 18.6. The second-order valence-electron chi connectivity index (χ2n) is 4.13. The van der Waals surface area contributed by atoms with Crippen LogP contribution in [0.4, 0.5) is 0 Å². The highest BCUT2D eigenvalue weighted by Crippen LogP contribution is 2.19. The molecule has 0 bridgehead atoms. The molecule has 0 aliphatic carbocycles. The van der Waals surface area contributed by atoms with Crippen LogP contribution in [0.25, 0.3) is 0 Å². The SMILES string of the molecule is O=C(OC(CO)C1CC(O)CO1)c1cccnc1. The molecule has 2 heterocycles. The second kappa shape index (κ2) is 5.90. The molecule has 1 aromatic heterocycles. The first-order valence-electron chi connectivity index (χ1n) is 5.72. The molecule has 6 heteroatoms. The van der Waals surface area contributed by atoms with Crippen molar-refractivity contribution in [3.05, 3.63) is 30.1 Å². The summed E-state index contributed by atoms with van der Waals surface area (Å²) in [6, 6.07) is 3.20. The molecule has 1 aliphatic rings. The van der Waals surface area contributed by atoms with E-state index in [0.717, 1.165) is 0 Å². The zero-order chi connectivity index (χ0) is 13.0. The number of nitrogens with zero attached hydrogens (tertiary/aromatic N) is 1. The fourth-order valence-corrected chi connectivity index (χ4v) is 1.82. The zero-order valence-electron chi connectivity index (χ0n) is 9.73. The summed E-state index contributed by atoms with van der Waals surface area (Å²) >= 11 is 0. The lowest BCUT2D eigenvalue weighted by molar-refractivity contribution is -0.0491. The summed E-state index contributed by atoms with van der Waals surface area (Å²) in [6.45, 7) is -0.144. The Morgan fingerprint density at radius 2 is 2.50 bits per heavy atom. The molecule has 1 aliphatic heterocycles. The Morgan fingerprint density at radius 1 is 1.67 bits per heavy atom. The third kappa shape index (κ3) is 3.04. The van der Waals surface area contributed by atoms with Gasteiger partial charge in [0.1, 0.15) is 0 Å². The van der Waals surface area contributed by atoms with Gasteiger partial charge in [-0.15, -0.1) is 0 Å². The van der Waals surface area contributed by atoms with Crippen LogP contribution >= 0.6 is 0 Å². The normalized spacial score (nSPS) is 24.8. The van der Waals surface area contributed by atoms with Crippen molar-refractivity contribution in [3.8, 4) is 0 Å². The number of aliphatic hydroxyl groups is 2. The Hall–Kier alpha value is -1.50. The summed E-state index contributed by atoms with van der Waals surface area (Å²) in [5.74, 6) is -0.563. The van der Waals surface area contributed by atoms with Gasteiger partial charge in [0, 0.05) is 18.8 Å². The number of esters is 1. The third-order valence-electron chi connectivity index (χ3n) is 2.76. The van der Waals surface area contributed by atoms with E-state index in [9.17, 15) is 15.0 Å². The summed E-state index contributed by atoms with van der Waals surface area (Å²) in [6.07, 6.45) is 1.49. The number of carbonyl (C=O) groups is 1. The van der Waals surface area contributed by atoms with Crippen LogP contribution in [0.1, 0.15) is 16.8 Å². The lowest BCUT2D eigenvalue weighted by atomic mass is 10.1. The zero-order valence-corrected chi connectivity index (χ0v) is 9.73. The molecule has 3 atom stereocenters. The third-order valence-corrected chi connectivity index (χ3v) is 2.76. The van der Waals surface area contributed by atoms with Crippen molar-refractivity contribution >= 4 is 5.97 Å². The predicted molar refractivity (Wildman–Crippen MR) is 60.9 cm³/mol. The second-order valence-corrected chi connectivity index (χ2v) is 4.13. The number of aromatic nitrogens is 1. The number of hydrogen-bond acceptors (Lipinski definition) is 6. The Kier molecular flexibility index (Phi) is 4.24. The van der Waals surface area contributed by atoms with Gasteiger partial charge in [-0.25, -0.2) is 4.79 Å². The lowest BCUT2D eigenvalue weighted by Gasteiger charge is -2.20. The average molecular weight is 253 g/mol. The van der Waals surface area contributed by atoms with Crippen molar-refractivity contribution in [2.75, 3.05) is 13.2 Å². The van der Waals surface area contributed by atoms with Crippen LogP contribution in [0, 0.1) is 0 Å². The average Bonchev–Trinajstić information content (AvgIpc) is 2.83. The van der Waals surface area contributed by atoms with Crippen LogP contribution in [0.15, 0.2) is 24.5 Å². The molecule has 1 fully saturated rings. The molecule has 2 N–H and O–H groups in total. The molecule has 0 spiro atoms. The fourth-order valence-electron chi connectivity index (χ4n) is 1.82. The van der Waals surface area contributed by atoms with Gasteiger partial charge in [0.2, 0.25) is 0 Å². The molecule has 6 nitrogen and oxygen atoms in total. The molecule has 1 aromatic rings. The van der Waals surface area contributed by atoms with Crippen LogP contribution in [0.5, 0.6) is 0 Å². The van der Waals surface area contributed by atoms with Gasteiger partial charge in [-0.3, -0.25) is 4.98 Å². The largest absolute Gasteiger partial charge is 0.454 e. The van der Waals surface area contributed by atoms with Gasteiger partial charge in [0.05, 0.1) is 31.0 Å². The maximum atomic E-state index is 11.8. The topological polar surface area (TPSA) is 88.9 Å². The van der Waals surface area contributed by atoms with Gasteiger partial charge < -0.3 is 19.7 Å².